The van der Waals surface area contributed by atoms with Gasteiger partial charge in [0.05, 0.1) is 19.8 Å². The highest BCUT2D eigenvalue weighted by Gasteiger charge is 2.41. The molecular weight excluding hydrogens is 444 g/mol. The number of likely N-dealkylation sites (tertiary alicyclic amines) is 1. The second-order valence-corrected chi connectivity index (χ2v) is 10.2. The Morgan fingerprint density at radius 1 is 1.06 bits per heavy atom. The molecule has 186 valence electrons. The topological polar surface area (TPSA) is 42.0 Å². The van der Waals surface area contributed by atoms with E-state index in [4.69, 9.17) is 8.92 Å². The molecule has 1 unspecified atom stereocenters. The van der Waals surface area contributed by atoms with Gasteiger partial charge in [0.1, 0.15) is 5.75 Å². The van der Waals surface area contributed by atoms with Gasteiger partial charge in [0.25, 0.3) is 5.91 Å². The predicted molar refractivity (Wildman–Crippen MR) is 141 cm³/mol. The van der Waals surface area contributed by atoms with Crippen LogP contribution in [0.5, 0.6) is 5.75 Å². The average Bonchev–Trinajstić information content (AvgIpc) is 3.31. The summed E-state index contributed by atoms with van der Waals surface area (Å²) in [6.45, 7) is 9.34. The molecule has 1 heterocycles. The molecule has 1 aliphatic rings. The maximum Gasteiger partial charge on any atom is 0.257 e. The van der Waals surface area contributed by atoms with Crippen molar-refractivity contribution in [3.63, 3.8) is 0 Å². The minimum atomic E-state index is -0.0265. The van der Waals surface area contributed by atoms with E-state index in [9.17, 15) is 4.79 Å². The largest absolute Gasteiger partial charge is 0.496 e. The van der Waals surface area contributed by atoms with E-state index in [1.807, 2.05) is 23.1 Å². The molecule has 0 bridgehead atoms. The number of carbonyl (C=O) groups excluding carboxylic acids is 1. The molecule has 1 fully saturated rings. The van der Waals surface area contributed by atoms with E-state index < -0.39 is 0 Å². The molecule has 3 rings (SSSR count). The van der Waals surface area contributed by atoms with Crippen molar-refractivity contribution in [1.82, 2.24) is 9.80 Å². The van der Waals surface area contributed by atoms with Crippen molar-refractivity contribution in [2.75, 3.05) is 46.9 Å². The lowest BCUT2D eigenvalue weighted by molar-refractivity contribution is 0.0777. The van der Waals surface area contributed by atoms with Gasteiger partial charge in [0.2, 0.25) is 0 Å². The average molecular weight is 485 g/mol. The quantitative estimate of drug-likeness (QED) is 0.325. The van der Waals surface area contributed by atoms with Gasteiger partial charge in [-0.25, -0.2) is 0 Å². The summed E-state index contributed by atoms with van der Waals surface area (Å²) in [4.78, 5) is 19.2. The second kappa shape index (κ2) is 13.2. The van der Waals surface area contributed by atoms with E-state index in [2.05, 4.69) is 49.1 Å². The van der Waals surface area contributed by atoms with Gasteiger partial charge in [-0.15, -0.1) is 0 Å². The van der Waals surface area contributed by atoms with Crippen molar-refractivity contribution in [2.45, 2.75) is 56.3 Å². The summed E-state index contributed by atoms with van der Waals surface area (Å²) in [6.07, 6.45) is 5.65. The smallest absolute Gasteiger partial charge is 0.257 e. The lowest BCUT2D eigenvalue weighted by Gasteiger charge is -2.33. The first-order chi connectivity index (χ1) is 16.6. The molecule has 6 heteroatoms. The molecule has 34 heavy (non-hydrogen) atoms. The van der Waals surface area contributed by atoms with Crippen LogP contribution in [0, 0.1) is 0 Å². The van der Waals surface area contributed by atoms with Crippen molar-refractivity contribution < 1.29 is 13.7 Å². The zero-order valence-electron chi connectivity index (χ0n) is 21.2. The Hall–Kier alpha value is -2.02. The van der Waals surface area contributed by atoms with Crippen LogP contribution in [0.25, 0.3) is 0 Å². The molecular formula is C28H40N2O3S. The van der Waals surface area contributed by atoms with Crippen molar-refractivity contribution in [3.8, 4) is 5.75 Å². The minimum Gasteiger partial charge on any atom is -0.496 e. The monoisotopic (exact) mass is 484 g/mol. The number of unbranched alkanes of at least 4 members (excludes halogenated alkanes) is 1. The summed E-state index contributed by atoms with van der Waals surface area (Å²) in [7, 11) is 3.25. The zero-order chi connectivity index (χ0) is 24.4. The predicted octanol–water partition coefficient (Wildman–Crippen LogP) is 6.03. The molecule has 0 saturated carbocycles. The van der Waals surface area contributed by atoms with Crippen molar-refractivity contribution in [3.05, 3.63) is 59.7 Å². The van der Waals surface area contributed by atoms with Gasteiger partial charge >= 0.3 is 0 Å². The highest BCUT2D eigenvalue weighted by molar-refractivity contribution is 7.94. The van der Waals surface area contributed by atoms with Gasteiger partial charge in [0.15, 0.2) is 0 Å². The first-order valence-corrected chi connectivity index (χ1v) is 13.3. The minimum absolute atomic E-state index is 0.0265. The van der Waals surface area contributed by atoms with E-state index in [1.165, 1.54) is 36.9 Å². The third kappa shape index (κ3) is 6.55. The first-order valence-electron chi connectivity index (χ1n) is 12.5. The van der Waals surface area contributed by atoms with E-state index in [0.29, 0.717) is 11.3 Å². The molecule has 0 N–H and O–H groups in total. The molecule has 0 radical (unpaired) electrons. The molecule has 2 aromatic rings. The number of hydrogen-bond donors (Lipinski definition) is 0. The second-order valence-electron chi connectivity index (χ2n) is 9.18. The number of rotatable bonds is 13. The number of methoxy groups -OCH3 is 1. The Bertz CT molecular complexity index is 908. The summed E-state index contributed by atoms with van der Waals surface area (Å²) in [5, 5.41) is 0. The molecule has 0 spiro atoms. The van der Waals surface area contributed by atoms with Gasteiger partial charge in [0, 0.05) is 35.4 Å². The maximum atomic E-state index is 13.7. The number of nitrogens with zero attached hydrogens (tertiary/aromatic N) is 2. The van der Waals surface area contributed by atoms with E-state index in [0.717, 1.165) is 50.5 Å². The Labute approximate surface area is 210 Å². The van der Waals surface area contributed by atoms with Gasteiger partial charge in [-0.05, 0) is 69.1 Å². The van der Waals surface area contributed by atoms with Crippen LogP contribution in [0.4, 0.5) is 0 Å². The van der Waals surface area contributed by atoms with Gasteiger partial charge in [-0.2, -0.15) is 0 Å². The third-order valence-electron chi connectivity index (χ3n) is 6.88. The zero-order valence-corrected chi connectivity index (χ0v) is 22.0. The molecule has 0 aromatic heterocycles. The van der Waals surface area contributed by atoms with Crippen LogP contribution in [0.15, 0.2) is 53.4 Å². The van der Waals surface area contributed by atoms with Crippen molar-refractivity contribution in [2.24, 2.45) is 0 Å². The number of benzene rings is 2. The first kappa shape index (κ1) is 26.6. The molecule has 1 saturated heterocycles. The van der Waals surface area contributed by atoms with Gasteiger partial charge < -0.3 is 18.7 Å². The highest BCUT2D eigenvalue weighted by Crippen LogP contribution is 2.39. The molecule has 1 amide bonds. The standard InChI is InChI=1S/C28H40N2O3S/c1-5-7-18-29(17-6-2)19-15-28(23-11-9-8-10-12-23)16-20-30(22-28)27(31)25-21-24(34-33-4)13-14-26(25)32-3/h8-14,21H,5-7,15-20,22H2,1-4H3. The lowest BCUT2D eigenvalue weighted by Crippen LogP contribution is -2.38. The Morgan fingerprint density at radius 3 is 2.53 bits per heavy atom. The van der Waals surface area contributed by atoms with Crippen molar-refractivity contribution >= 4 is 17.9 Å². The van der Waals surface area contributed by atoms with Crippen LogP contribution in [0.1, 0.15) is 61.9 Å². The maximum absolute atomic E-state index is 13.7. The summed E-state index contributed by atoms with van der Waals surface area (Å²) >= 11 is 1.26. The van der Waals surface area contributed by atoms with Gasteiger partial charge in [-0.3, -0.25) is 4.79 Å². The van der Waals surface area contributed by atoms with Crippen LogP contribution in [-0.4, -0.2) is 62.7 Å². The number of amides is 1. The fraction of sp³-hybridized carbons (Fsp3) is 0.536. The number of ether oxygens (including phenoxy) is 1. The normalized spacial score (nSPS) is 18.0. The van der Waals surface area contributed by atoms with E-state index >= 15 is 0 Å². The fourth-order valence-electron chi connectivity index (χ4n) is 5.00. The Morgan fingerprint density at radius 2 is 1.85 bits per heavy atom. The van der Waals surface area contributed by atoms with Crippen LogP contribution in [-0.2, 0) is 9.60 Å². The summed E-state index contributed by atoms with van der Waals surface area (Å²) in [5.74, 6) is 0.640. The van der Waals surface area contributed by atoms with Crippen LogP contribution >= 0.6 is 12.0 Å². The molecule has 2 aromatic carbocycles. The third-order valence-corrected chi connectivity index (χ3v) is 7.50. The Balaban J connectivity index is 1.83. The molecule has 0 aliphatic carbocycles. The van der Waals surface area contributed by atoms with Gasteiger partial charge in [-0.1, -0.05) is 50.6 Å². The Kier molecular flexibility index (Phi) is 10.3. The summed E-state index contributed by atoms with van der Waals surface area (Å²) in [5.41, 5.74) is 1.92. The van der Waals surface area contributed by atoms with Crippen molar-refractivity contribution in [1.29, 1.82) is 0 Å². The fourth-order valence-corrected chi connectivity index (χ4v) is 5.48. The SMILES string of the molecule is CCCCN(CCC)CCC1(c2ccccc2)CCN(C(=O)c2cc(SOC)ccc2OC)C1. The summed E-state index contributed by atoms with van der Waals surface area (Å²) in [6, 6.07) is 16.4. The lowest BCUT2D eigenvalue weighted by atomic mass is 9.76. The molecule has 1 aliphatic heterocycles. The molecule has 1 atom stereocenters. The number of carbonyl (C=O) groups is 1. The highest BCUT2D eigenvalue weighted by atomic mass is 32.2. The summed E-state index contributed by atoms with van der Waals surface area (Å²) < 4.78 is 10.7. The number of hydrogen-bond acceptors (Lipinski definition) is 5. The van der Waals surface area contributed by atoms with E-state index in [1.54, 1.807) is 14.2 Å². The van der Waals surface area contributed by atoms with Crippen LogP contribution in [0.2, 0.25) is 0 Å². The van der Waals surface area contributed by atoms with Crippen LogP contribution in [0.3, 0.4) is 0 Å². The molecule has 5 nitrogen and oxygen atoms in total. The van der Waals surface area contributed by atoms with Crippen LogP contribution < -0.4 is 4.74 Å². The van der Waals surface area contributed by atoms with E-state index in [-0.39, 0.29) is 11.3 Å².